The number of rotatable bonds is 4. The summed E-state index contributed by atoms with van der Waals surface area (Å²) in [6.07, 6.45) is 7.86. The summed E-state index contributed by atoms with van der Waals surface area (Å²) in [6, 6.07) is 12.4. The van der Waals surface area contributed by atoms with Gasteiger partial charge in [-0.15, -0.1) is 0 Å². The Bertz CT molecular complexity index is 701. The molecule has 2 unspecified atom stereocenters. The molecule has 1 saturated heterocycles. The van der Waals surface area contributed by atoms with E-state index in [1.807, 2.05) is 0 Å². The predicted molar refractivity (Wildman–Crippen MR) is 91.8 cm³/mol. The SMILES string of the molecule is CC(C)n1ncnc1CN1C2C=C(c3ccccc3)CC1CC2. The van der Waals surface area contributed by atoms with E-state index in [4.69, 9.17) is 0 Å². The van der Waals surface area contributed by atoms with Crippen LogP contribution in [0.4, 0.5) is 0 Å². The second kappa shape index (κ2) is 5.93. The number of fused-ring (bicyclic) bond motifs is 2. The minimum absolute atomic E-state index is 0.366. The van der Waals surface area contributed by atoms with Crippen molar-refractivity contribution in [3.63, 3.8) is 0 Å². The lowest BCUT2D eigenvalue weighted by atomic mass is 9.95. The zero-order chi connectivity index (χ0) is 15.8. The fraction of sp³-hybridized carbons (Fsp3) is 0.474. The molecular formula is C19H24N4. The highest BCUT2D eigenvalue weighted by molar-refractivity contribution is 5.68. The van der Waals surface area contributed by atoms with Gasteiger partial charge in [-0.1, -0.05) is 36.4 Å². The lowest BCUT2D eigenvalue weighted by Gasteiger charge is -2.34. The van der Waals surface area contributed by atoms with Crippen LogP contribution in [-0.4, -0.2) is 31.7 Å². The normalized spacial score (nSPS) is 24.2. The van der Waals surface area contributed by atoms with Crippen LogP contribution in [0, 0.1) is 0 Å². The summed E-state index contributed by atoms with van der Waals surface area (Å²) in [5.74, 6) is 1.09. The Morgan fingerprint density at radius 1 is 1.17 bits per heavy atom. The molecule has 0 amide bonds. The number of aromatic nitrogens is 3. The van der Waals surface area contributed by atoms with E-state index in [1.165, 1.54) is 24.0 Å². The van der Waals surface area contributed by atoms with Gasteiger partial charge in [0.1, 0.15) is 12.2 Å². The topological polar surface area (TPSA) is 34.0 Å². The van der Waals surface area contributed by atoms with Crippen molar-refractivity contribution in [3.8, 4) is 0 Å². The molecule has 2 aromatic rings. The van der Waals surface area contributed by atoms with Gasteiger partial charge in [0.25, 0.3) is 0 Å². The van der Waals surface area contributed by atoms with Crippen molar-refractivity contribution in [1.82, 2.24) is 19.7 Å². The van der Waals surface area contributed by atoms with Crippen LogP contribution in [0.15, 0.2) is 42.7 Å². The smallest absolute Gasteiger partial charge is 0.141 e. The maximum atomic E-state index is 4.49. The van der Waals surface area contributed by atoms with E-state index < -0.39 is 0 Å². The van der Waals surface area contributed by atoms with Gasteiger partial charge in [-0.25, -0.2) is 9.67 Å². The van der Waals surface area contributed by atoms with Crippen molar-refractivity contribution in [2.75, 3.05) is 0 Å². The summed E-state index contributed by atoms with van der Waals surface area (Å²) in [5, 5.41) is 4.38. The lowest BCUT2D eigenvalue weighted by Crippen LogP contribution is -2.38. The van der Waals surface area contributed by atoms with Crippen LogP contribution in [0.25, 0.3) is 5.57 Å². The van der Waals surface area contributed by atoms with Crippen molar-refractivity contribution in [2.24, 2.45) is 0 Å². The van der Waals surface area contributed by atoms with Gasteiger partial charge in [0, 0.05) is 18.1 Å². The highest BCUT2D eigenvalue weighted by Gasteiger charge is 2.37. The Balaban J connectivity index is 1.56. The zero-order valence-electron chi connectivity index (χ0n) is 13.9. The molecule has 0 N–H and O–H groups in total. The molecule has 120 valence electrons. The molecule has 4 nitrogen and oxygen atoms in total. The van der Waals surface area contributed by atoms with E-state index in [1.54, 1.807) is 6.33 Å². The van der Waals surface area contributed by atoms with Crippen LogP contribution in [0.3, 0.4) is 0 Å². The molecule has 0 radical (unpaired) electrons. The van der Waals surface area contributed by atoms with Crippen LogP contribution in [0.5, 0.6) is 0 Å². The molecule has 1 aromatic heterocycles. The van der Waals surface area contributed by atoms with Crippen molar-refractivity contribution < 1.29 is 0 Å². The Morgan fingerprint density at radius 3 is 2.74 bits per heavy atom. The van der Waals surface area contributed by atoms with Gasteiger partial charge in [0.2, 0.25) is 0 Å². The molecule has 2 atom stereocenters. The summed E-state index contributed by atoms with van der Waals surface area (Å²) in [4.78, 5) is 7.12. The van der Waals surface area contributed by atoms with Crippen LogP contribution in [0.2, 0.25) is 0 Å². The maximum Gasteiger partial charge on any atom is 0.141 e. The minimum atomic E-state index is 0.366. The molecule has 2 aliphatic rings. The Labute approximate surface area is 137 Å². The predicted octanol–water partition coefficient (Wildman–Crippen LogP) is 3.68. The van der Waals surface area contributed by atoms with E-state index in [0.29, 0.717) is 18.1 Å². The van der Waals surface area contributed by atoms with Gasteiger partial charge in [-0.05, 0) is 44.2 Å². The summed E-state index contributed by atoms with van der Waals surface area (Å²) < 4.78 is 2.05. The average Bonchev–Trinajstić information content (AvgIpc) is 3.11. The third kappa shape index (κ3) is 2.72. The summed E-state index contributed by atoms with van der Waals surface area (Å²) >= 11 is 0. The molecule has 0 spiro atoms. The summed E-state index contributed by atoms with van der Waals surface area (Å²) in [6.45, 7) is 5.24. The quantitative estimate of drug-likeness (QED) is 0.864. The Kier molecular flexibility index (Phi) is 3.77. The third-order valence-corrected chi connectivity index (χ3v) is 5.14. The molecule has 1 aromatic carbocycles. The second-order valence-corrected chi connectivity index (χ2v) is 6.95. The lowest BCUT2D eigenvalue weighted by molar-refractivity contribution is 0.193. The highest BCUT2D eigenvalue weighted by atomic mass is 15.4. The first-order valence-electron chi connectivity index (χ1n) is 8.62. The molecule has 0 aliphatic carbocycles. The van der Waals surface area contributed by atoms with E-state index in [-0.39, 0.29) is 0 Å². The number of hydrogen-bond acceptors (Lipinski definition) is 3. The molecule has 2 aliphatic heterocycles. The first-order chi connectivity index (χ1) is 11.2. The van der Waals surface area contributed by atoms with Crippen molar-refractivity contribution in [3.05, 3.63) is 54.1 Å². The van der Waals surface area contributed by atoms with Crippen LogP contribution < -0.4 is 0 Å². The molecule has 3 heterocycles. The molecular weight excluding hydrogens is 284 g/mol. The maximum absolute atomic E-state index is 4.49. The average molecular weight is 308 g/mol. The molecule has 2 bridgehead atoms. The molecule has 4 rings (SSSR count). The zero-order valence-corrected chi connectivity index (χ0v) is 13.9. The fourth-order valence-corrected chi connectivity index (χ4v) is 4.01. The van der Waals surface area contributed by atoms with Crippen molar-refractivity contribution in [2.45, 2.75) is 57.8 Å². The Morgan fingerprint density at radius 2 is 2.00 bits per heavy atom. The molecule has 1 fully saturated rings. The van der Waals surface area contributed by atoms with Gasteiger partial charge >= 0.3 is 0 Å². The number of benzene rings is 1. The third-order valence-electron chi connectivity index (χ3n) is 5.14. The van der Waals surface area contributed by atoms with Gasteiger partial charge in [0.05, 0.1) is 6.54 Å². The molecule has 4 heteroatoms. The van der Waals surface area contributed by atoms with Crippen molar-refractivity contribution in [1.29, 1.82) is 0 Å². The molecule has 23 heavy (non-hydrogen) atoms. The van der Waals surface area contributed by atoms with Gasteiger partial charge in [-0.3, -0.25) is 4.90 Å². The van der Waals surface area contributed by atoms with E-state index in [0.717, 1.165) is 18.8 Å². The van der Waals surface area contributed by atoms with Gasteiger partial charge < -0.3 is 0 Å². The van der Waals surface area contributed by atoms with E-state index in [2.05, 4.69) is 69.9 Å². The van der Waals surface area contributed by atoms with E-state index >= 15 is 0 Å². The summed E-state index contributed by atoms with van der Waals surface area (Å²) in [5.41, 5.74) is 2.90. The standard InChI is InChI=1S/C19H24N4/c1-14(2)23-19(20-13-21-23)12-22-17-8-9-18(22)11-16(10-17)15-6-4-3-5-7-15/h3-7,10,13-14,17-18H,8-9,11-12H2,1-2H3. The molecule has 0 saturated carbocycles. The van der Waals surface area contributed by atoms with Crippen LogP contribution >= 0.6 is 0 Å². The van der Waals surface area contributed by atoms with Gasteiger partial charge in [-0.2, -0.15) is 5.10 Å². The number of nitrogens with zero attached hydrogens (tertiary/aromatic N) is 4. The second-order valence-electron chi connectivity index (χ2n) is 6.95. The highest BCUT2D eigenvalue weighted by Crippen LogP contribution is 2.39. The first kappa shape index (κ1) is 14.6. The van der Waals surface area contributed by atoms with Crippen molar-refractivity contribution >= 4 is 5.57 Å². The van der Waals surface area contributed by atoms with Crippen LogP contribution in [0.1, 0.15) is 50.5 Å². The van der Waals surface area contributed by atoms with Crippen LogP contribution in [-0.2, 0) is 6.54 Å². The summed E-state index contributed by atoms with van der Waals surface area (Å²) in [7, 11) is 0. The van der Waals surface area contributed by atoms with E-state index in [9.17, 15) is 0 Å². The van der Waals surface area contributed by atoms with Gasteiger partial charge in [0.15, 0.2) is 0 Å². The fourth-order valence-electron chi connectivity index (χ4n) is 4.01. The Hall–Kier alpha value is -1.94. The number of hydrogen-bond donors (Lipinski definition) is 0. The monoisotopic (exact) mass is 308 g/mol. The first-order valence-corrected chi connectivity index (χ1v) is 8.62. The minimum Gasteiger partial charge on any atom is -0.286 e. The largest absolute Gasteiger partial charge is 0.286 e.